The summed E-state index contributed by atoms with van der Waals surface area (Å²) in [7, 11) is 0. The number of thioether (sulfide) groups is 1. The van der Waals surface area contributed by atoms with Crippen molar-refractivity contribution in [3.63, 3.8) is 0 Å². The Morgan fingerprint density at radius 1 is 1.26 bits per heavy atom. The van der Waals surface area contributed by atoms with Gasteiger partial charge in [0.2, 0.25) is 5.91 Å². The molecule has 2 aromatic heterocycles. The molecule has 0 aromatic carbocycles. The van der Waals surface area contributed by atoms with E-state index in [1.807, 2.05) is 19.1 Å². The molecule has 0 aliphatic heterocycles. The van der Waals surface area contributed by atoms with Crippen LogP contribution in [0.5, 0.6) is 0 Å². The van der Waals surface area contributed by atoms with Crippen LogP contribution in [0, 0.1) is 5.92 Å². The van der Waals surface area contributed by atoms with Crippen molar-refractivity contribution in [3.8, 4) is 11.4 Å². The molecule has 27 heavy (non-hydrogen) atoms. The lowest BCUT2D eigenvalue weighted by molar-refractivity contribution is -0.121. The highest BCUT2D eigenvalue weighted by Gasteiger charge is 2.23. The Hall–Kier alpha value is -1.89. The standard InChI is InChI=1S/C20H29N5OS/c1-14(2)13-25-18(16-8-7-11-21-12-16)23-24-20(25)27-15(3)19(26)22-17-9-5-4-6-10-17/h7-8,11-12,14-15,17H,4-6,9-10,13H2,1-3H3,(H,22,26). The minimum absolute atomic E-state index is 0.0916. The van der Waals surface area contributed by atoms with Crippen LogP contribution in [0.1, 0.15) is 52.9 Å². The Balaban J connectivity index is 1.73. The van der Waals surface area contributed by atoms with E-state index in [1.165, 1.54) is 31.0 Å². The number of hydrogen-bond acceptors (Lipinski definition) is 5. The molecule has 7 heteroatoms. The smallest absolute Gasteiger partial charge is 0.233 e. The van der Waals surface area contributed by atoms with Crippen molar-refractivity contribution in [3.05, 3.63) is 24.5 Å². The maximum atomic E-state index is 12.6. The lowest BCUT2D eigenvalue weighted by Gasteiger charge is -2.24. The van der Waals surface area contributed by atoms with Crippen molar-refractivity contribution in [1.29, 1.82) is 0 Å². The average Bonchev–Trinajstić information content (AvgIpc) is 3.05. The molecule has 2 aromatic rings. The van der Waals surface area contributed by atoms with E-state index in [1.54, 1.807) is 12.4 Å². The molecule has 1 fully saturated rings. The summed E-state index contributed by atoms with van der Waals surface area (Å²) in [6.45, 7) is 7.08. The summed E-state index contributed by atoms with van der Waals surface area (Å²) in [6.07, 6.45) is 9.45. The number of rotatable bonds is 7. The van der Waals surface area contributed by atoms with Crippen LogP contribution in [0.4, 0.5) is 0 Å². The molecule has 1 amide bonds. The fraction of sp³-hybridized carbons (Fsp3) is 0.600. The van der Waals surface area contributed by atoms with Gasteiger partial charge >= 0.3 is 0 Å². The summed E-state index contributed by atoms with van der Waals surface area (Å²) in [5.41, 5.74) is 0.941. The Morgan fingerprint density at radius 3 is 2.70 bits per heavy atom. The van der Waals surface area contributed by atoms with Gasteiger partial charge in [-0.25, -0.2) is 0 Å². The van der Waals surface area contributed by atoms with Gasteiger partial charge < -0.3 is 9.88 Å². The number of nitrogens with one attached hydrogen (secondary N) is 1. The second-order valence-corrected chi connectivity index (χ2v) is 8.96. The maximum Gasteiger partial charge on any atom is 0.233 e. The molecular formula is C20H29N5OS. The first-order valence-corrected chi connectivity index (χ1v) is 10.7. The van der Waals surface area contributed by atoms with Crippen LogP contribution in [0.15, 0.2) is 29.7 Å². The number of amides is 1. The van der Waals surface area contributed by atoms with Crippen molar-refractivity contribution in [2.45, 2.75) is 75.9 Å². The van der Waals surface area contributed by atoms with Crippen LogP contribution in [0.3, 0.4) is 0 Å². The van der Waals surface area contributed by atoms with Gasteiger partial charge in [0.15, 0.2) is 11.0 Å². The third kappa shape index (κ3) is 5.31. The average molecular weight is 388 g/mol. The summed E-state index contributed by atoms with van der Waals surface area (Å²) in [6, 6.07) is 4.21. The number of nitrogens with zero attached hydrogens (tertiary/aromatic N) is 4. The summed E-state index contributed by atoms with van der Waals surface area (Å²) < 4.78 is 2.11. The number of hydrogen-bond donors (Lipinski definition) is 1. The monoisotopic (exact) mass is 387 g/mol. The minimum Gasteiger partial charge on any atom is -0.352 e. The quantitative estimate of drug-likeness (QED) is 0.729. The number of carbonyl (C=O) groups excluding carboxylic acids is 1. The largest absolute Gasteiger partial charge is 0.352 e. The summed E-state index contributed by atoms with van der Waals surface area (Å²) in [4.78, 5) is 16.8. The molecule has 1 N–H and O–H groups in total. The molecule has 0 bridgehead atoms. The third-order valence-electron chi connectivity index (χ3n) is 4.79. The molecular weight excluding hydrogens is 358 g/mol. The molecule has 1 aliphatic rings. The van der Waals surface area contributed by atoms with E-state index in [9.17, 15) is 4.79 Å². The van der Waals surface area contributed by atoms with Crippen LogP contribution < -0.4 is 5.32 Å². The predicted octanol–water partition coefficient (Wildman–Crippen LogP) is 3.93. The van der Waals surface area contributed by atoms with Crippen molar-refractivity contribution >= 4 is 17.7 Å². The van der Waals surface area contributed by atoms with Crippen LogP contribution >= 0.6 is 11.8 Å². The van der Waals surface area contributed by atoms with Gasteiger partial charge in [-0.05, 0) is 37.8 Å². The summed E-state index contributed by atoms with van der Waals surface area (Å²) in [5, 5.41) is 12.6. The zero-order chi connectivity index (χ0) is 19.2. The van der Waals surface area contributed by atoms with Crippen LogP contribution in [0.2, 0.25) is 0 Å². The molecule has 146 valence electrons. The van der Waals surface area contributed by atoms with Crippen molar-refractivity contribution in [2.24, 2.45) is 5.92 Å². The molecule has 0 saturated heterocycles. The van der Waals surface area contributed by atoms with Gasteiger partial charge in [-0.1, -0.05) is 44.9 Å². The molecule has 0 radical (unpaired) electrons. The highest BCUT2D eigenvalue weighted by atomic mass is 32.2. The van der Waals surface area contributed by atoms with Gasteiger partial charge in [-0.3, -0.25) is 9.78 Å². The SMILES string of the molecule is CC(C)Cn1c(SC(C)C(=O)NC2CCCCC2)nnc1-c1cccnc1. The Bertz CT molecular complexity index is 740. The second kappa shape index (κ2) is 9.35. The van der Waals surface area contributed by atoms with Crippen LogP contribution in [-0.4, -0.2) is 36.9 Å². The summed E-state index contributed by atoms with van der Waals surface area (Å²) >= 11 is 1.48. The summed E-state index contributed by atoms with van der Waals surface area (Å²) in [5.74, 6) is 1.34. The van der Waals surface area contributed by atoms with Crippen LogP contribution in [0.25, 0.3) is 11.4 Å². The van der Waals surface area contributed by atoms with Crippen LogP contribution in [-0.2, 0) is 11.3 Å². The Morgan fingerprint density at radius 2 is 2.04 bits per heavy atom. The van der Waals surface area contributed by atoms with E-state index in [0.29, 0.717) is 12.0 Å². The van der Waals surface area contributed by atoms with Crippen molar-refractivity contribution < 1.29 is 4.79 Å². The van der Waals surface area contributed by atoms with E-state index in [0.717, 1.165) is 35.9 Å². The van der Waals surface area contributed by atoms with E-state index >= 15 is 0 Å². The lowest BCUT2D eigenvalue weighted by atomic mass is 9.95. The first-order chi connectivity index (χ1) is 13.0. The molecule has 1 saturated carbocycles. The molecule has 1 atom stereocenters. The fourth-order valence-corrected chi connectivity index (χ4v) is 4.26. The second-order valence-electron chi connectivity index (χ2n) is 7.66. The van der Waals surface area contributed by atoms with Gasteiger partial charge in [-0.2, -0.15) is 0 Å². The molecule has 3 rings (SSSR count). The van der Waals surface area contributed by atoms with Crippen molar-refractivity contribution in [1.82, 2.24) is 25.1 Å². The molecule has 1 aliphatic carbocycles. The predicted molar refractivity (Wildman–Crippen MR) is 108 cm³/mol. The van der Waals surface area contributed by atoms with E-state index in [-0.39, 0.29) is 11.2 Å². The molecule has 0 spiro atoms. The van der Waals surface area contributed by atoms with E-state index in [2.05, 4.69) is 38.9 Å². The number of pyridine rings is 1. The van der Waals surface area contributed by atoms with Gasteiger partial charge in [0.1, 0.15) is 0 Å². The van der Waals surface area contributed by atoms with Gasteiger partial charge in [0.05, 0.1) is 5.25 Å². The molecule has 6 nitrogen and oxygen atoms in total. The topological polar surface area (TPSA) is 72.7 Å². The lowest BCUT2D eigenvalue weighted by Crippen LogP contribution is -2.40. The minimum atomic E-state index is -0.205. The fourth-order valence-electron chi connectivity index (χ4n) is 3.39. The Kier molecular flexibility index (Phi) is 6.88. The van der Waals surface area contributed by atoms with Gasteiger partial charge in [0.25, 0.3) is 0 Å². The molecule has 2 heterocycles. The zero-order valence-corrected chi connectivity index (χ0v) is 17.2. The molecule has 1 unspecified atom stereocenters. The Labute approximate surface area is 165 Å². The van der Waals surface area contributed by atoms with E-state index < -0.39 is 0 Å². The van der Waals surface area contributed by atoms with Crippen molar-refractivity contribution in [2.75, 3.05) is 0 Å². The third-order valence-corrected chi connectivity index (χ3v) is 5.87. The first-order valence-electron chi connectivity index (χ1n) is 9.85. The maximum absolute atomic E-state index is 12.6. The highest BCUT2D eigenvalue weighted by Crippen LogP contribution is 2.28. The van der Waals surface area contributed by atoms with Gasteiger partial charge in [-0.15, -0.1) is 10.2 Å². The number of carbonyl (C=O) groups is 1. The highest BCUT2D eigenvalue weighted by molar-refractivity contribution is 8.00. The van der Waals surface area contributed by atoms with E-state index in [4.69, 9.17) is 0 Å². The normalized spacial score (nSPS) is 16.4. The van der Waals surface area contributed by atoms with Gasteiger partial charge in [0, 0.05) is 30.5 Å². The first kappa shape index (κ1) is 19.9. The number of aromatic nitrogens is 4. The zero-order valence-electron chi connectivity index (χ0n) is 16.4.